The molecule has 1 aliphatic carbocycles. The first-order valence-corrected chi connectivity index (χ1v) is 7.63. The van der Waals surface area contributed by atoms with Crippen LogP contribution >= 0.6 is 0 Å². The summed E-state index contributed by atoms with van der Waals surface area (Å²) >= 11 is 0. The Bertz CT molecular complexity index is 708. The predicted octanol–water partition coefficient (Wildman–Crippen LogP) is 3.65. The number of benzene rings is 2. The summed E-state index contributed by atoms with van der Waals surface area (Å²) in [5, 5.41) is 0. The summed E-state index contributed by atoms with van der Waals surface area (Å²) in [5.74, 6) is -0.122. The standard InChI is InChI=1S/C19H20FNO/c1-21(2)10-9-14-11-13-7-8-15(20)12-18(13)19(22)17-6-4-3-5-16(14)17/h3-8,12,14H,9-11H2,1-2H3. The lowest BCUT2D eigenvalue weighted by atomic mass is 9.88. The Morgan fingerprint density at radius 1 is 1.14 bits per heavy atom. The molecule has 1 atom stereocenters. The molecule has 0 aliphatic heterocycles. The Morgan fingerprint density at radius 2 is 1.91 bits per heavy atom. The first-order chi connectivity index (χ1) is 10.6. The van der Waals surface area contributed by atoms with Crippen molar-refractivity contribution in [1.29, 1.82) is 0 Å². The van der Waals surface area contributed by atoms with Crippen molar-refractivity contribution in [3.05, 3.63) is 70.5 Å². The summed E-state index contributed by atoms with van der Waals surface area (Å²) in [6.07, 6.45) is 1.76. The summed E-state index contributed by atoms with van der Waals surface area (Å²) in [5.41, 5.74) is 3.27. The van der Waals surface area contributed by atoms with Gasteiger partial charge in [-0.1, -0.05) is 30.3 Å². The van der Waals surface area contributed by atoms with Gasteiger partial charge >= 0.3 is 0 Å². The Hall–Kier alpha value is -2.00. The van der Waals surface area contributed by atoms with E-state index in [-0.39, 0.29) is 17.5 Å². The van der Waals surface area contributed by atoms with Gasteiger partial charge in [0.1, 0.15) is 5.82 Å². The van der Waals surface area contributed by atoms with Gasteiger partial charge in [0.2, 0.25) is 0 Å². The largest absolute Gasteiger partial charge is 0.309 e. The van der Waals surface area contributed by atoms with Gasteiger partial charge < -0.3 is 4.90 Å². The van der Waals surface area contributed by atoms with E-state index in [0.717, 1.165) is 36.1 Å². The maximum atomic E-state index is 13.6. The summed E-state index contributed by atoms with van der Waals surface area (Å²) in [7, 11) is 4.11. The highest BCUT2D eigenvalue weighted by Gasteiger charge is 2.27. The third-order valence-electron chi connectivity index (χ3n) is 4.35. The van der Waals surface area contributed by atoms with E-state index in [0.29, 0.717) is 5.56 Å². The zero-order chi connectivity index (χ0) is 15.7. The smallest absolute Gasteiger partial charge is 0.193 e. The van der Waals surface area contributed by atoms with Gasteiger partial charge in [-0.15, -0.1) is 0 Å². The lowest BCUT2D eigenvalue weighted by molar-refractivity contribution is 0.103. The molecule has 0 heterocycles. The van der Waals surface area contributed by atoms with E-state index >= 15 is 0 Å². The molecular weight excluding hydrogens is 277 g/mol. The zero-order valence-corrected chi connectivity index (χ0v) is 13.0. The van der Waals surface area contributed by atoms with Crippen LogP contribution in [0.15, 0.2) is 42.5 Å². The minimum atomic E-state index is -0.351. The van der Waals surface area contributed by atoms with Gasteiger partial charge in [-0.05, 0) is 62.7 Å². The van der Waals surface area contributed by atoms with Crippen LogP contribution in [-0.4, -0.2) is 31.3 Å². The van der Waals surface area contributed by atoms with Crippen LogP contribution in [0, 0.1) is 5.82 Å². The Morgan fingerprint density at radius 3 is 2.68 bits per heavy atom. The van der Waals surface area contributed by atoms with E-state index in [1.807, 2.05) is 24.3 Å². The summed E-state index contributed by atoms with van der Waals surface area (Å²) in [6.45, 7) is 0.962. The summed E-state index contributed by atoms with van der Waals surface area (Å²) in [6, 6.07) is 12.3. The number of hydrogen-bond donors (Lipinski definition) is 0. The second kappa shape index (κ2) is 6.01. The van der Waals surface area contributed by atoms with Gasteiger partial charge in [0.15, 0.2) is 5.78 Å². The van der Waals surface area contributed by atoms with E-state index in [4.69, 9.17) is 0 Å². The fourth-order valence-corrected chi connectivity index (χ4v) is 3.19. The van der Waals surface area contributed by atoms with Crippen LogP contribution in [-0.2, 0) is 6.42 Å². The normalized spacial score (nSPS) is 17.1. The minimum Gasteiger partial charge on any atom is -0.309 e. The molecule has 0 N–H and O–H groups in total. The van der Waals surface area contributed by atoms with Crippen molar-refractivity contribution in [3.63, 3.8) is 0 Å². The molecule has 0 saturated heterocycles. The Labute approximate surface area is 130 Å². The zero-order valence-electron chi connectivity index (χ0n) is 13.0. The molecule has 2 aromatic rings. The van der Waals surface area contributed by atoms with Crippen LogP contribution in [0.3, 0.4) is 0 Å². The molecule has 2 nitrogen and oxygen atoms in total. The lowest BCUT2D eigenvalue weighted by Crippen LogP contribution is -2.17. The molecule has 3 heteroatoms. The Kier molecular flexibility index (Phi) is 4.08. The van der Waals surface area contributed by atoms with Crippen molar-refractivity contribution in [2.75, 3.05) is 20.6 Å². The topological polar surface area (TPSA) is 20.3 Å². The number of hydrogen-bond acceptors (Lipinski definition) is 2. The summed E-state index contributed by atoms with van der Waals surface area (Å²) < 4.78 is 13.6. The van der Waals surface area contributed by atoms with Gasteiger partial charge in [-0.25, -0.2) is 4.39 Å². The van der Waals surface area contributed by atoms with E-state index < -0.39 is 0 Å². The second-order valence-corrected chi connectivity index (χ2v) is 6.21. The molecule has 2 aromatic carbocycles. The number of carbonyl (C=O) groups is 1. The number of fused-ring (bicyclic) bond motifs is 2. The lowest BCUT2D eigenvalue weighted by Gasteiger charge is -2.19. The molecule has 0 bridgehead atoms. The number of carbonyl (C=O) groups excluding carboxylic acids is 1. The van der Waals surface area contributed by atoms with Crippen molar-refractivity contribution in [2.24, 2.45) is 0 Å². The summed E-state index contributed by atoms with van der Waals surface area (Å²) in [4.78, 5) is 14.9. The molecule has 0 fully saturated rings. The molecule has 1 aliphatic rings. The molecule has 0 aromatic heterocycles. The average Bonchev–Trinajstić information content (AvgIpc) is 2.62. The quantitative estimate of drug-likeness (QED) is 0.862. The fraction of sp³-hybridized carbons (Fsp3) is 0.316. The molecule has 22 heavy (non-hydrogen) atoms. The van der Waals surface area contributed by atoms with Crippen LogP contribution in [0.5, 0.6) is 0 Å². The van der Waals surface area contributed by atoms with Crippen molar-refractivity contribution in [2.45, 2.75) is 18.8 Å². The molecule has 0 spiro atoms. The van der Waals surface area contributed by atoms with E-state index in [1.54, 1.807) is 6.07 Å². The van der Waals surface area contributed by atoms with Crippen molar-refractivity contribution < 1.29 is 9.18 Å². The third-order valence-corrected chi connectivity index (χ3v) is 4.35. The monoisotopic (exact) mass is 297 g/mol. The van der Waals surface area contributed by atoms with Crippen LogP contribution in [0.1, 0.15) is 39.4 Å². The van der Waals surface area contributed by atoms with E-state index in [2.05, 4.69) is 19.0 Å². The minimum absolute atomic E-state index is 0.0579. The second-order valence-electron chi connectivity index (χ2n) is 6.21. The highest BCUT2D eigenvalue weighted by Crippen LogP contribution is 2.34. The maximum absolute atomic E-state index is 13.6. The van der Waals surface area contributed by atoms with Gasteiger partial charge in [-0.2, -0.15) is 0 Å². The maximum Gasteiger partial charge on any atom is 0.193 e. The molecule has 3 rings (SSSR count). The van der Waals surface area contributed by atoms with E-state index in [1.165, 1.54) is 12.1 Å². The first-order valence-electron chi connectivity index (χ1n) is 7.63. The van der Waals surface area contributed by atoms with Crippen LogP contribution in [0.4, 0.5) is 4.39 Å². The fourth-order valence-electron chi connectivity index (χ4n) is 3.19. The highest BCUT2D eigenvalue weighted by molar-refractivity contribution is 6.11. The van der Waals surface area contributed by atoms with Gasteiger partial charge in [0.05, 0.1) is 0 Å². The van der Waals surface area contributed by atoms with Crippen LogP contribution in [0.2, 0.25) is 0 Å². The molecule has 114 valence electrons. The van der Waals surface area contributed by atoms with E-state index in [9.17, 15) is 9.18 Å². The predicted molar refractivity (Wildman–Crippen MR) is 85.9 cm³/mol. The SMILES string of the molecule is CN(C)CCC1Cc2ccc(F)cc2C(=O)c2ccccc21. The van der Waals surface area contributed by atoms with Gasteiger partial charge in [-0.3, -0.25) is 4.79 Å². The number of rotatable bonds is 3. The number of nitrogens with zero attached hydrogens (tertiary/aromatic N) is 1. The van der Waals surface area contributed by atoms with Crippen molar-refractivity contribution in [1.82, 2.24) is 4.90 Å². The molecule has 0 radical (unpaired) electrons. The van der Waals surface area contributed by atoms with Gasteiger partial charge in [0, 0.05) is 11.1 Å². The molecule has 0 amide bonds. The van der Waals surface area contributed by atoms with Crippen molar-refractivity contribution >= 4 is 5.78 Å². The van der Waals surface area contributed by atoms with Crippen LogP contribution in [0.25, 0.3) is 0 Å². The molecule has 1 unspecified atom stereocenters. The van der Waals surface area contributed by atoms with Crippen molar-refractivity contribution in [3.8, 4) is 0 Å². The third kappa shape index (κ3) is 2.81. The Balaban J connectivity index is 2.08. The molecule has 0 saturated carbocycles. The molecular formula is C19H20FNO. The van der Waals surface area contributed by atoms with Gasteiger partial charge in [0.25, 0.3) is 0 Å². The number of halogens is 1. The van der Waals surface area contributed by atoms with Crippen LogP contribution < -0.4 is 0 Å². The number of ketones is 1. The average molecular weight is 297 g/mol. The first kappa shape index (κ1) is 14.9. The highest BCUT2D eigenvalue weighted by atomic mass is 19.1.